The van der Waals surface area contributed by atoms with Crippen LogP contribution in [0.25, 0.3) is 11.0 Å². The van der Waals surface area contributed by atoms with Crippen LogP contribution in [0, 0.1) is 5.92 Å². The molecule has 124 valence electrons. The van der Waals surface area contributed by atoms with Gasteiger partial charge in [0.05, 0.1) is 0 Å². The number of nitrogens with one attached hydrogen (secondary N) is 1. The normalized spacial score (nSPS) is 20.4. The van der Waals surface area contributed by atoms with Crippen LogP contribution in [0.5, 0.6) is 0 Å². The Balaban J connectivity index is 1.60. The number of sulfonamides is 1. The second kappa shape index (κ2) is 5.72. The first-order valence-electron chi connectivity index (χ1n) is 7.94. The van der Waals surface area contributed by atoms with Crippen LogP contribution >= 0.6 is 0 Å². The van der Waals surface area contributed by atoms with E-state index >= 15 is 0 Å². The number of hydrogen-bond donors (Lipinski definition) is 1. The van der Waals surface area contributed by atoms with Gasteiger partial charge < -0.3 is 4.52 Å². The largest absolute Gasteiger partial charge is 0.356 e. The molecule has 1 aliphatic carbocycles. The standard InChI is InChI=1S/C18H18N2O3S/c1-12-10-13-6-2-3-7-14(13)18(12)20-24(21,22)11-16-15-8-4-5-9-17(15)23-19-16/h2-9,12,18,20H,10-11H2,1H3. The molecule has 1 heterocycles. The molecule has 0 spiro atoms. The zero-order valence-electron chi connectivity index (χ0n) is 13.3. The lowest BCUT2D eigenvalue weighted by Gasteiger charge is -2.18. The predicted octanol–water partition coefficient (Wildman–Crippen LogP) is 3.18. The molecule has 3 aromatic rings. The van der Waals surface area contributed by atoms with Crippen LogP contribution in [0.1, 0.15) is 29.8 Å². The topological polar surface area (TPSA) is 72.2 Å². The Morgan fingerprint density at radius 3 is 2.79 bits per heavy atom. The Morgan fingerprint density at radius 1 is 1.17 bits per heavy atom. The fourth-order valence-electron chi connectivity index (χ4n) is 3.43. The van der Waals surface area contributed by atoms with Crippen molar-refractivity contribution >= 4 is 21.0 Å². The SMILES string of the molecule is CC1Cc2ccccc2C1NS(=O)(=O)Cc1noc2ccccc12. The van der Waals surface area contributed by atoms with Gasteiger partial charge >= 0.3 is 0 Å². The minimum absolute atomic E-state index is 0.185. The van der Waals surface area contributed by atoms with Crippen molar-refractivity contribution < 1.29 is 12.9 Å². The van der Waals surface area contributed by atoms with E-state index in [0.29, 0.717) is 11.3 Å². The summed E-state index contributed by atoms with van der Waals surface area (Å²) in [7, 11) is -3.53. The van der Waals surface area contributed by atoms with E-state index in [-0.39, 0.29) is 17.7 Å². The Labute approximate surface area is 140 Å². The van der Waals surface area contributed by atoms with Crippen LogP contribution in [-0.4, -0.2) is 13.6 Å². The first-order valence-corrected chi connectivity index (χ1v) is 9.60. The molecule has 2 aromatic carbocycles. The summed E-state index contributed by atoms with van der Waals surface area (Å²) in [6.45, 7) is 2.07. The van der Waals surface area contributed by atoms with Crippen molar-refractivity contribution in [3.05, 3.63) is 65.4 Å². The maximum Gasteiger partial charge on any atom is 0.218 e. The van der Waals surface area contributed by atoms with E-state index in [9.17, 15) is 8.42 Å². The molecule has 0 fully saturated rings. The molecule has 0 bridgehead atoms. The Hall–Kier alpha value is -2.18. The van der Waals surface area contributed by atoms with Crippen LogP contribution in [0.2, 0.25) is 0 Å². The molecule has 24 heavy (non-hydrogen) atoms. The molecule has 0 aliphatic heterocycles. The number of benzene rings is 2. The van der Waals surface area contributed by atoms with Gasteiger partial charge in [-0.25, -0.2) is 13.1 Å². The summed E-state index contributed by atoms with van der Waals surface area (Å²) in [5.41, 5.74) is 3.32. The molecule has 0 saturated heterocycles. The second-order valence-electron chi connectivity index (χ2n) is 6.36. The molecular formula is C18H18N2O3S. The van der Waals surface area contributed by atoms with Crippen molar-refractivity contribution in [1.29, 1.82) is 0 Å². The van der Waals surface area contributed by atoms with Crippen molar-refractivity contribution in [2.24, 2.45) is 5.92 Å². The molecule has 4 rings (SSSR count). The molecule has 1 N–H and O–H groups in total. The number of para-hydroxylation sites is 1. The number of rotatable bonds is 4. The summed E-state index contributed by atoms with van der Waals surface area (Å²) in [6, 6.07) is 15.1. The molecule has 0 amide bonds. The van der Waals surface area contributed by atoms with E-state index in [1.165, 1.54) is 5.56 Å². The molecule has 2 atom stereocenters. The highest BCUT2D eigenvalue weighted by atomic mass is 32.2. The summed E-state index contributed by atoms with van der Waals surface area (Å²) in [5.74, 6) is 0.0429. The third kappa shape index (κ3) is 2.72. The van der Waals surface area contributed by atoms with E-state index < -0.39 is 10.0 Å². The van der Waals surface area contributed by atoms with Crippen LogP contribution in [-0.2, 0) is 22.2 Å². The van der Waals surface area contributed by atoms with Crippen molar-refractivity contribution in [1.82, 2.24) is 9.88 Å². The molecular weight excluding hydrogens is 324 g/mol. The van der Waals surface area contributed by atoms with Crippen LogP contribution in [0.15, 0.2) is 53.1 Å². The van der Waals surface area contributed by atoms with Gasteiger partial charge in [0.15, 0.2) is 5.58 Å². The fraction of sp³-hybridized carbons (Fsp3) is 0.278. The Morgan fingerprint density at radius 2 is 1.92 bits per heavy atom. The van der Waals surface area contributed by atoms with E-state index in [4.69, 9.17) is 4.52 Å². The Bertz CT molecular complexity index is 994. The summed E-state index contributed by atoms with van der Waals surface area (Å²) in [6.07, 6.45) is 0.885. The van der Waals surface area contributed by atoms with Crippen LogP contribution < -0.4 is 4.72 Å². The molecule has 6 heteroatoms. The quantitative estimate of drug-likeness (QED) is 0.790. The summed E-state index contributed by atoms with van der Waals surface area (Å²) in [4.78, 5) is 0. The molecule has 2 unspecified atom stereocenters. The first kappa shape index (κ1) is 15.4. The van der Waals surface area contributed by atoms with Gasteiger partial charge in [0, 0.05) is 11.4 Å². The third-order valence-electron chi connectivity index (χ3n) is 4.59. The zero-order valence-corrected chi connectivity index (χ0v) is 14.1. The third-order valence-corrected chi connectivity index (χ3v) is 5.85. The van der Waals surface area contributed by atoms with Gasteiger partial charge in [-0.1, -0.05) is 48.5 Å². The number of nitrogens with zero attached hydrogens (tertiary/aromatic N) is 1. The van der Waals surface area contributed by atoms with Crippen molar-refractivity contribution in [3.63, 3.8) is 0 Å². The lowest BCUT2D eigenvalue weighted by atomic mass is 10.0. The van der Waals surface area contributed by atoms with Gasteiger partial charge in [0.1, 0.15) is 11.4 Å². The van der Waals surface area contributed by atoms with Gasteiger partial charge in [-0.2, -0.15) is 0 Å². The first-order chi connectivity index (χ1) is 11.5. The molecule has 0 radical (unpaired) electrons. The minimum atomic E-state index is -3.53. The van der Waals surface area contributed by atoms with E-state index in [1.807, 2.05) is 36.4 Å². The van der Waals surface area contributed by atoms with Gasteiger partial charge in [-0.3, -0.25) is 0 Å². The van der Waals surface area contributed by atoms with Crippen molar-refractivity contribution in [3.8, 4) is 0 Å². The van der Waals surface area contributed by atoms with Gasteiger partial charge in [0.2, 0.25) is 10.0 Å². The number of aromatic nitrogens is 1. The van der Waals surface area contributed by atoms with Crippen molar-refractivity contribution in [2.75, 3.05) is 0 Å². The number of fused-ring (bicyclic) bond motifs is 2. The predicted molar refractivity (Wildman–Crippen MR) is 91.8 cm³/mol. The lowest BCUT2D eigenvalue weighted by Crippen LogP contribution is -2.31. The molecule has 5 nitrogen and oxygen atoms in total. The Kier molecular flexibility index (Phi) is 3.66. The molecule has 1 aliphatic rings. The molecule has 0 saturated carbocycles. The summed E-state index contributed by atoms with van der Waals surface area (Å²) >= 11 is 0. The fourth-order valence-corrected chi connectivity index (χ4v) is 4.83. The van der Waals surface area contributed by atoms with Crippen molar-refractivity contribution in [2.45, 2.75) is 25.1 Å². The maximum absolute atomic E-state index is 12.7. The maximum atomic E-state index is 12.7. The zero-order chi connectivity index (χ0) is 16.7. The average Bonchev–Trinajstić information content (AvgIpc) is 3.09. The highest BCUT2D eigenvalue weighted by molar-refractivity contribution is 7.88. The monoisotopic (exact) mass is 342 g/mol. The lowest BCUT2D eigenvalue weighted by molar-refractivity contribution is 0.445. The summed E-state index contributed by atoms with van der Waals surface area (Å²) < 4.78 is 33.4. The van der Waals surface area contributed by atoms with Gasteiger partial charge in [0.25, 0.3) is 0 Å². The second-order valence-corrected chi connectivity index (χ2v) is 8.11. The van der Waals surface area contributed by atoms with Crippen LogP contribution in [0.3, 0.4) is 0 Å². The van der Waals surface area contributed by atoms with Gasteiger partial charge in [-0.15, -0.1) is 0 Å². The average molecular weight is 342 g/mol. The van der Waals surface area contributed by atoms with E-state index in [0.717, 1.165) is 17.4 Å². The highest BCUT2D eigenvalue weighted by Crippen LogP contribution is 2.36. The minimum Gasteiger partial charge on any atom is -0.356 e. The van der Waals surface area contributed by atoms with E-state index in [1.54, 1.807) is 6.07 Å². The highest BCUT2D eigenvalue weighted by Gasteiger charge is 2.32. The molecule has 1 aromatic heterocycles. The van der Waals surface area contributed by atoms with Crippen LogP contribution in [0.4, 0.5) is 0 Å². The van der Waals surface area contributed by atoms with E-state index in [2.05, 4.69) is 22.9 Å². The number of hydrogen-bond acceptors (Lipinski definition) is 4. The smallest absolute Gasteiger partial charge is 0.218 e. The van der Waals surface area contributed by atoms with Gasteiger partial charge in [-0.05, 0) is 35.6 Å². The summed E-state index contributed by atoms with van der Waals surface area (Å²) in [5, 5.41) is 4.66.